The van der Waals surface area contributed by atoms with Crippen molar-refractivity contribution in [1.29, 1.82) is 0 Å². The molecule has 2 aromatic rings. The van der Waals surface area contributed by atoms with Gasteiger partial charge >= 0.3 is 11.7 Å². The summed E-state index contributed by atoms with van der Waals surface area (Å²) >= 11 is 5.78. The first-order valence-electron chi connectivity index (χ1n) is 5.33. The number of rotatable bonds is 0. The smallest absolute Gasteiger partial charge is 0.441 e. The summed E-state index contributed by atoms with van der Waals surface area (Å²) in [5, 5.41) is 0.644. The first-order valence-corrected chi connectivity index (χ1v) is 5.71. The maximum atomic E-state index is 11.8. The van der Waals surface area contributed by atoms with Crippen molar-refractivity contribution in [3.63, 3.8) is 0 Å². The highest BCUT2D eigenvalue weighted by molar-refractivity contribution is 6.31. The van der Waals surface area contributed by atoms with Crippen LogP contribution in [0.15, 0.2) is 27.5 Å². The number of benzene rings is 1. The molecule has 0 amide bonds. The first-order chi connectivity index (χ1) is 8.28. The summed E-state index contributed by atoms with van der Waals surface area (Å²) in [7, 11) is 0. The van der Waals surface area contributed by atoms with Gasteiger partial charge in [0.15, 0.2) is 0 Å². The van der Waals surface area contributed by atoms with Crippen molar-refractivity contribution in [3.05, 3.63) is 33.6 Å². The molecule has 0 unspecified atom stereocenters. The zero-order chi connectivity index (χ0) is 13.5. The Morgan fingerprint density at radius 1 is 1.39 bits per heavy atom. The number of aromatic nitrogens is 1. The minimum absolute atomic E-state index is 0.244. The Morgan fingerprint density at radius 3 is 2.67 bits per heavy atom. The highest BCUT2D eigenvalue weighted by Crippen LogP contribution is 2.18. The Labute approximate surface area is 108 Å². The molecule has 0 N–H and O–H groups in total. The van der Waals surface area contributed by atoms with E-state index in [1.807, 2.05) is 0 Å². The van der Waals surface area contributed by atoms with Gasteiger partial charge in [-0.2, -0.15) is 0 Å². The van der Waals surface area contributed by atoms with E-state index in [4.69, 9.17) is 20.9 Å². The van der Waals surface area contributed by atoms with Gasteiger partial charge in [-0.3, -0.25) is 0 Å². The second-order valence-electron chi connectivity index (χ2n) is 4.81. The number of halogens is 1. The Balaban J connectivity index is 2.53. The maximum absolute atomic E-state index is 11.8. The van der Waals surface area contributed by atoms with Crippen LogP contribution in [-0.4, -0.2) is 16.4 Å². The molecule has 0 atom stereocenters. The number of fused-ring (bicyclic) bond motifs is 1. The van der Waals surface area contributed by atoms with Crippen LogP contribution in [0.4, 0.5) is 4.79 Å². The van der Waals surface area contributed by atoms with Gasteiger partial charge < -0.3 is 9.26 Å². The fraction of sp³-hybridized carbons (Fsp3) is 0.333. The fourth-order valence-corrected chi connectivity index (χ4v) is 1.64. The van der Waals surface area contributed by atoms with Crippen molar-refractivity contribution in [2.24, 2.45) is 0 Å². The maximum Gasteiger partial charge on any atom is 0.448 e. The van der Waals surface area contributed by atoms with Crippen LogP contribution in [0.3, 0.4) is 0 Å². The largest absolute Gasteiger partial charge is 0.448 e. The van der Waals surface area contributed by atoms with Crippen LogP contribution in [0, 0.1) is 0 Å². The van der Waals surface area contributed by atoms with Crippen molar-refractivity contribution >= 4 is 28.6 Å². The minimum atomic E-state index is -0.739. The van der Waals surface area contributed by atoms with E-state index >= 15 is 0 Å². The monoisotopic (exact) mass is 269 g/mol. The van der Waals surface area contributed by atoms with Gasteiger partial charge in [-0.15, -0.1) is 4.74 Å². The molecule has 0 aliphatic carbocycles. The third kappa shape index (κ3) is 2.41. The molecular weight excluding hydrogens is 258 g/mol. The van der Waals surface area contributed by atoms with Gasteiger partial charge in [0.1, 0.15) is 11.1 Å². The predicted molar refractivity (Wildman–Crippen MR) is 67.1 cm³/mol. The minimum Gasteiger partial charge on any atom is -0.441 e. The molecule has 0 saturated carbocycles. The van der Waals surface area contributed by atoms with Gasteiger partial charge in [-0.1, -0.05) is 11.6 Å². The van der Waals surface area contributed by atoms with E-state index in [2.05, 4.69) is 0 Å². The second kappa shape index (κ2) is 4.17. The lowest BCUT2D eigenvalue weighted by Crippen LogP contribution is -2.26. The zero-order valence-corrected chi connectivity index (χ0v) is 10.9. The first kappa shape index (κ1) is 12.7. The Bertz CT molecular complexity index is 663. The number of carbonyl (C=O) groups is 1. The normalized spacial score (nSPS) is 11.8. The number of nitrogens with zero attached hydrogens (tertiary/aromatic N) is 1. The van der Waals surface area contributed by atoms with Crippen LogP contribution in [0.25, 0.3) is 10.9 Å². The van der Waals surface area contributed by atoms with E-state index in [1.165, 1.54) is 12.1 Å². The van der Waals surface area contributed by atoms with E-state index < -0.39 is 17.3 Å². The molecule has 18 heavy (non-hydrogen) atoms. The van der Waals surface area contributed by atoms with E-state index in [1.54, 1.807) is 26.8 Å². The molecule has 5 nitrogen and oxygen atoms in total. The van der Waals surface area contributed by atoms with Crippen LogP contribution in [0.1, 0.15) is 20.8 Å². The lowest BCUT2D eigenvalue weighted by atomic mass is 10.2. The van der Waals surface area contributed by atoms with Crippen LogP contribution in [0.2, 0.25) is 5.02 Å². The summed E-state index contributed by atoms with van der Waals surface area (Å²) in [6.45, 7) is 5.18. The van der Waals surface area contributed by atoms with Crippen molar-refractivity contribution in [2.75, 3.05) is 0 Å². The summed E-state index contributed by atoms with van der Waals surface area (Å²) < 4.78 is 10.8. The standard InChI is InChI=1S/C12H12ClNO4/c1-12(2,3)17-11(16)14-9-5-4-7(13)6-8(9)10(15)18-14/h4-6H,1-3H3. The van der Waals surface area contributed by atoms with E-state index in [0.29, 0.717) is 10.5 Å². The van der Waals surface area contributed by atoms with E-state index in [0.717, 1.165) is 4.74 Å². The van der Waals surface area contributed by atoms with Crippen LogP contribution >= 0.6 is 11.6 Å². The lowest BCUT2D eigenvalue weighted by molar-refractivity contribution is 0.0391. The average molecular weight is 270 g/mol. The molecule has 6 heteroatoms. The number of ether oxygens (including phenoxy) is 1. The SMILES string of the molecule is CC(C)(C)OC(=O)n1oc(=O)c2cc(Cl)ccc21. The quantitative estimate of drug-likeness (QED) is 0.737. The van der Waals surface area contributed by atoms with Gasteiger partial charge in [-0.25, -0.2) is 9.59 Å². The third-order valence-corrected chi connectivity index (χ3v) is 2.37. The molecule has 0 aliphatic heterocycles. The molecule has 0 saturated heterocycles. The summed E-state index contributed by atoms with van der Waals surface area (Å²) in [4.78, 5) is 23.4. The molecule has 1 aromatic carbocycles. The van der Waals surface area contributed by atoms with Crippen molar-refractivity contribution in [2.45, 2.75) is 26.4 Å². The molecule has 2 rings (SSSR count). The van der Waals surface area contributed by atoms with Crippen LogP contribution in [0.5, 0.6) is 0 Å². The average Bonchev–Trinajstić information content (AvgIpc) is 2.54. The summed E-state index contributed by atoms with van der Waals surface area (Å²) in [6, 6.07) is 4.55. The van der Waals surface area contributed by atoms with E-state index in [9.17, 15) is 9.59 Å². The third-order valence-electron chi connectivity index (χ3n) is 2.13. The number of carbonyl (C=O) groups excluding carboxylic acids is 1. The van der Waals surface area contributed by atoms with Crippen LogP contribution in [-0.2, 0) is 4.74 Å². The van der Waals surface area contributed by atoms with Crippen molar-refractivity contribution < 1.29 is 14.1 Å². The molecule has 0 aliphatic rings. The van der Waals surface area contributed by atoms with E-state index in [-0.39, 0.29) is 5.39 Å². The summed E-state index contributed by atoms with van der Waals surface area (Å²) in [6.07, 6.45) is -0.739. The highest BCUT2D eigenvalue weighted by Gasteiger charge is 2.22. The molecule has 0 radical (unpaired) electrons. The predicted octanol–water partition coefficient (Wildman–Crippen LogP) is 3.03. The molecule has 0 spiro atoms. The summed E-state index contributed by atoms with van der Waals surface area (Å²) in [5.74, 6) is 0. The van der Waals surface area contributed by atoms with Gasteiger partial charge in [0, 0.05) is 5.02 Å². The van der Waals surface area contributed by atoms with Crippen molar-refractivity contribution in [1.82, 2.24) is 4.74 Å². The molecular formula is C12H12ClNO4. The Kier molecular flexibility index (Phi) is 2.94. The van der Waals surface area contributed by atoms with Gasteiger partial charge in [-0.05, 0) is 39.0 Å². The summed E-state index contributed by atoms with van der Waals surface area (Å²) in [5.41, 5.74) is -0.962. The Hall–Kier alpha value is -1.75. The molecule has 96 valence electrons. The Morgan fingerprint density at radius 2 is 2.06 bits per heavy atom. The second-order valence-corrected chi connectivity index (χ2v) is 5.25. The van der Waals surface area contributed by atoms with Gasteiger partial charge in [0.25, 0.3) is 0 Å². The van der Waals surface area contributed by atoms with Crippen molar-refractivity contribution in [3.8, 4) is 0 Å². The van der Waals surface area contributed by atoms with Crippen LogP contribution < -0.4 is 5.63 Å². The molecule has 0 fully saturated rings. The number of hydrogen-bond acceptors (Lipinski definition) is 4. The molecule has 0 bridgehead atoms. The topological polar surface area (TPSA) is 61.4 Å². The highest BCUT2D eigenvalue weighted by atomic mass is 35.5. The zero-order valence-electron chi connectivity index (χ0n) is 10.2. The molecule has 1 aromatic heterocycles. The molecule has 1 heterocycles. The van der Waals surface area contributed by atoms with Gasteiger partial charge in [0.2, 0.25) is 0 Å². The fourth-order valence-electron chi connectivity index (χ4n) is 1.47. The lowest BCUT2D eigenvalue weighted by Gasteiger charge is -2.18. The van der Waals surface area contributed by atoms with Gasteiger partial charge in [0.05, 0.1) is 5.39 Å². The number of hydrogen-bond donors (Lipinski definition) is 0.